The molecule has 2 rings (SSSR count). The van der Waals surface area contributed by atoms with Crippen LogP contribution in [0.5, 0.6) is 11.5 Å². The zero-order valence-corrected chi connectivity index (χ0v) is 12.2. The second kappa shape index (κ2) is 6.71. The Morgan fingerprint density at radius 1 is 1.24 bits per heavy atom. The summed E-state index contributed by atoms with van der Waals surface area (Å²) in [5.41, 5.74) is 0.992. The smallest absolute Gasteiger partial charge is 0.387 e. The largest absolute Gasteiger partial charge is 0.506 e. The Bertz CT molecular complexity index is 638. The maximum atomic E-state index is 13.5. The van der Waals surface area contributed by atoms with Crippen molar-refractivity contribution in [3.63, 3.8) is 0 Å². The number of para-hydroxylation sites is 1. The maximum absolute atomic E-state index is 13.5. The molecule has 0 bridgehead atoms. The van der Waals surface area contributed by atoms with Gasteiger partial charge in [0.15, 0.2) is 11.6 Å². The summed E-state index contributed by atoms with van der Waals surface area (Å²) in [6.45, 7) is -2.82. The van der Waals surface area contributed by atoms with E-state index in [0.29, 0.717) is 15.7 Å². The van der Waals surface area contributed by atoms with Gasteiger partial charge in [0, 0.05) is 23.9 Å². The van der Waals surface area contributed by atoms with Gasteiger partial charge in [-0.25, -0.2) is 4.39 Å². The molecule has 7 heteroatoms. The van der Waals surface area contributed by atoms with Crippen LogP contribution in [-0.2, 0) is 6.54 Å². The highest BCUT2D eigenvalue weighted by molar-refractivity contribution is 9.10. The molecule has 0 fully saturated rings. The first-order valence-corrected chi connectivity index (χ1v) is 6.71. The molecule has 2 aromatic rings. The first kappa shape index (κ1) is 15.5. The van der Waals surface area contributed by atoms with Gasteiger partial charge in [0.2, 0.25) is 0 Å². The summed E-state index contributed by atoms with van der Waals surface area (Å²) < 4.78 is 42.1. The van der Waals surface area contributed by atoms with Gasteiger partial charge in [-0.15, -0.1) is 0 Å². The monoisotopic (exact) mass is 361 g/mol. The summed E-state index contributed by atoms with van der Waals surface area (Å²) in [7, 11) is 0. The molecule has 0 heterocycles. The lowest BCUT2D eigenvalue weighted by Gasteiger charge is -2.11. The van der Waals surface area contributed by atoms with Crippen molar-refractivity contribution in [1.29, 1.82) is 0 Å². The van der Waals surface area contributed by atoms with Gasteiger partial charge in [-0.05, 0) is 34.1 Å². The molecule has 0 aliphatic rings. The number of alkyl halides is 2. The minimum absolute atomic E-state index is 0.0862. The molecule has 0 aliphatic carbocycles. The average Bonchev–Trinajstić information content (AvgIpc) is 2.43. The van der Waals surface area contributed by atoms with E-state index in [9.17, 15) is 18.3 Å². The quantitative estimate of drug-likeness (QED) is 0.823. The number of hydrogen-bond acceptors (Lipinski definition) is 3. The van der Waals surface area contributed by atoms with E-state index in [1.54, 1.807) is 18.2 Å². The van der Waals surface area contributed by atoms with Crippen LogP contribution in [0.3, 0.4) is 0 Å². The number of phenolic OH excluding ortho intramolecular Hbond substituents is 1. The molecule has 21 heavy (non-hydrogen) atoms. The van der Waals surface area contributed by atoms with Gasteiger partial charge in [-0.3, -0.25) is 0 Å². The van der Waals surface area contributed by atoms with Gasteiger partial charge >= 0.3 is 6.61 Å². The Kier molecular flexibility index (Phi) is 4.95. The molecular weight excluding hydrogens is 351 g/mol. The van der Waals surface area contributed by atoms with E-state index in [0.717, 1.165) is 12.1 Å². The molecule has 0 saturated heterocycles. The van der Waals surface area contributed by atoms with E-state index in [4.69, 9.17) is 0 Å². The fourth-order valence-electron chi connectivity index (χ4n) is 1.70. The Morgan fingerprint density at radius 3 is 2.67 bits per heavy atom. The van der Waals surface area contributed by atoms with Crippen LogP contribution in [-0.4, -0.2) is 11.7 Å². The highest BCUT2D eigenvalue weighted by Gasteiger charge is 2.10. The Labute approximate surface area is 127 Å². The number of nitrogens with one attached hydrogen (secondary N) is 1. The number of rotatable bonds is 5. The Balaban J connectivity index is 2.07. The van der Waals surface area contributed by atoms with Crippen LogP contribution in [0.4, 0.5) is 18.9 Å². The van der Waals surface area contributed by atoms with E-state index in [1.807, 2.05) is 0 Å². The van der Waals surface area contributed by atoms with Crippen molar-refractivity contribution in [3.8, 4) is 11.5 Å². The standard InChI is InChI=1S/C14H11BrF3NO2/c15-10-3-1-2-8(13(10)20)7-19-9-4-5-12(11(16)6-9)21-14(17)18/h1-6,14,19-20H,7H2. The Morgan fingerprint density at radius 2 is 2.00 bits per heavy atom. The van der Waals surface area contributed by atoms with E-state index in [2.05, 4.69) is 26.0 Å². The first-order chi connectivity index (χ1) is 9.97. The van der Waals surface area contributed by atoms with Crippen molar-refractivity contribution in [2.45, 2.75) is 13.2 Å². The van der Waals surface area contributed by atoms with Crippen molar-refractivity contribution < 1.29 is 23.0 Å². The molecule has 2 aromatic carbocycles. The van der Waals surface area contributed by atoms with E-state index < -0.39 is 18.2 Å². The third-order valence-corrected chi connectivity index (χ3v) is 3.34. The van der Waals surface area contributed by atoms with E-state index in [-0.39, 0.29) is 12.3 Å². The summed E-state index contributed by atoms with van der Waals surface area (Å²) in [4.78, 5) is 0. The molecule has 0 unspecified atom stereocenters. The summed E-state index contributed by atoms with van der Waals surface area (Å²) >= 11 is 3.19. The second-order valence-corrected chi connectivity index (χ2v) is 4.98. The second-order valence-electron chi connectivity index (χ2n) is 4.12. The number of anilines is 1. The summed E-state index contributed by atoms with van der Waals surface area (Å²) in [6.07, 6.45) is 0. The lowest BCUT2D eigenvalue weighted by molar-refractivity contribution is -0.0521. The van der Waals surface area contributed by atoms with E-state index >= 15 is 0 Å². The summed E-state index contributed by atoms with van der Waals surface area (Å²) in [6, 6.07) is 8.72. The first-order valence-electron chi connectivity index (χ1n) is 5.92. The molecule has 3 nitrogen and oxygen atoms in total. The fraction of sp³-hybridized carbons (Fsp3) is 0.143. The van der Waals surface area contributed by atoms with Gasteiger partial charge in [-0.1, -0.05) is 12.1 Å². The molecular formula is C14H11BrF3NO2. The summed E-state index contributed by atoms with van der Waals surface area (Å²) in [5, 5.41) is 12.7. The van der Waals surface area contributed by atoms with Crippen LogP contribution >= 0.6 is 15.9 Å². The zero-order valence-electron chi connectivity index (χ0n) is 10.6. The molecule has 112 valence electrons. The van der Waals surface area contributed by atoms with Crippen LogP contribution in [0, 0.1) is 5.82 Å². The van der Waals surface area contributed by atoms with Crippen molar-refractivity contribution in [2.75, 3.05) is 5.32 Å². The third kappa shape index (κ3) is 4.04. The minimum Gasteiger partial charge on any atom is -0.506 e. The highest BCUT2D eigenvalue weighted by Crippen LogP contribution is 2.28. The van der Waals surface area contributed by atoms with Crippen molar-refractivity contribution in [3.05, 3.63) is 52.3 Å². The van der Waals surface area contributed by atoms with Gasteiger partial charge in [0.1, 0.15) is 5.75 Å². The zero-order chi connectivity index (χ0) is 15.4. The number of halogens is 4. The molecule has 0 radical (unpaired) electrons. The van der Waals surface area contributed by atoms with Gasteiger partial charge in [-0.2, -0.15) is 8.78 Å². The number of benzene rings is 2. The van der Waals surface area contributed by atoms with Crippen molar-refractivity contribution in [2.24, 2.45) is 0 Å². The average molecular weight is 362 g/mol. The SMILES string of the molecule is Oc1c(Br)cccc1CNc1ccc(OC(F)F)c(F)c1. The molecule has 0 aliphatic heterocycles. The molecule has 0 spiro atoms. The van der Waals surface area contributed by atoms with Crippen molar-refractivity contribution in [1.82, 2.24) is 0 Å². The third-order valence-electron chi connectivity index (χ3n) is 2.70. The number of ether oxygens (including phenoxy) is 1. The molecule has 0 aromatic heterocycles. The van der Waals surface area contributed by atoms with Gasteiger partial charge < -0.3 is 15.2 Å². The predicted octanol–water partition coefficient (Wildman–Crippen LogP) is 4.51. The lowest BCUT2D eigenvalue weighted by atomic mass is 10.2. The normalized spacial score (nSPS) is 10.7. The molecule has 0 atom stereocenters. The lowest BCUT2D eigenvalue weighted by Crippen LogP contribution is -2.05. The molecule has 0 amide bonds. The fourth-order valence-corrected chi connectivity index (χ4v) is 2.11. The molecule has 0 saturated carbocycles. The maximum Gasteiger partial charge on any atom is 0.387 e. The topological polar surface area (TPSA) is 41.5 Å². The van der Waals surface area contributed by atoms with Gasteiger partial charge in [0.05, 0.1) is 4.47 Å². The minimum atomic E-state index is -3.07. The van der Waals surface area contributed by atoms with Crippen LogP contribution in [0.15, 0.2) is 40.9 Å². The van der Waals surface area contributed by atoms with Crippen molar-refractivity contribution >= 4 is 21.6 Å². The van der Waals surface area contributed by atoms with Gasteiger partial charge in [0.25, 0.3) is 0 Å². The summed E-state index contributed by atoms with van der Waals surface area (Å²) in [5.74, 6) is -1.32. The van der Waals surface area contributed by atoms with E-state index in [1.165, 1.54) is 6.07 Å². The number of phenols is 1. The molecule has 2 N–H and O–H groups in total. The van der Waals surface area contributed by atoms with Crippen LogP contribution in [0.2, 0.25) is 0 Å². The van der Waals surface area contributed by atoms with Crippen LogP contribution < -0.4 is 10.1 Å². The Hall–Kier alpha value is -1.89. The number of hydrogen-bond donors (Lipinski definition) is 2. The van der Waals surface area contributed by atoms with Crippen LogP contribution in [0.25, 0.3) is 0 Å². The number of aromatic hydroxyl groups is 1. The van der Waals surface area contributed by atoms with Crippen LogP contribution in [0.1, 0.15) is 5.56 Å². The predicted molar refractivity (Wildman–Crippen MR) is 76.2 cm³/mol. The highest BCUT2D eigenvalue weighted by atomic mass is 79.9.